The van der Waals surface area contributed by atoms with Crippen molar-refractivity contribution in [3.63, 3.8) is 0 Å². The molecule has 0 fully saturated rings. The molecule has 0 aliphatic heterocycles. The number of carbonyl (C=O) groups excluding carboxylic acids is 2. The van der Waals surface area contributed by atoms with Gasteiger partial charge in [-0.3, -0.25) is 13.9 Å². The third-order valence-corrected chi connectivity index (χ3v) is 7.03. The molecule has 11 heteroatoms. The minimum Gasteiger partial charge on any atom is -0.355 e. The molecule has 0 bridgehead atoms. The Kier molecular flexibility index (Phi) is 11.0. The molecule has 2 rings (SSSR count). The van der Waals surface area contributed by atoms with Crippen LogP contribution in [0.1, 0.15) is 44.2 Å². The Labute approximate surface area is 216 Å². The van der Waals surface area contributed by atoms with E-state index in [1.165, 1.54) is 11.0 Å². The predicted octanol–water partition coefficient (Wildman–Crippen LogP) is 4.24. The molecular weight excluding hydrogens is 507 g/mol. The molecule has 204 valence electrons. The first-order chi connectivity index (χ1) is 17.4. The average Bonchev–Trinajstić information content (AvgIpc) is 2.83. The topological polar surface area (TPSA) is 86.8 Å². The van der Waals surface area contributed by atoms with E-state index >= 15 is 0 Å². The van der Waals surface area contributed by atoms with E-state index < -0.39 is 27.8 Å². The Balaban J connectivity index is 2.18. The van der Waals surface area contributed by atoms with Gasteiger partial charge in [-0.1, -0.05) is 43.3 Å². The Morgan fingerprint density at radius 1 is 1.00 bits per heavy atom. The normalized spacial score (nSPS) is 12.6. The molecule has 0 aliphatic rings. The molecule has 0 heterocycles. The van der Waals surface area contributed by atoms with Crippen molar-refractivity contribution in [2.75, 3.05) is 30.2 Å². The van der Waals surface area contributed by atoms with Gasteiger partial charge in [0, 0.05) is 26.1 Å². The van der Waals surface area contributed by atoms with E-state index in [-0.39, 0.29) is 36.9 Å². The van der Waals surface area contributed by atoms with Crippen LogP contribution in [0.5, 0.6) is 0 Å². The van der Waals surface area contributed by atoms with Gasteiger partial charge in [0.25, 0.3) is 0 Å². The summed E-state index contributed by atoms with van der Waals surface area (Å²) >= 11 is 0. The quantitative estimate of drug-likeness (QED) is 0.411. The van der Waals surface area contributed by atoms with Gasteiger partial charge in [-0.05, 0) is 49.9 Å². The van der Waals surface area contributed by atoms with E-state index in [1.54, 1.807) is 6.92 Å². The highest BCUT2D eigenvalue weighted by Crippen LogP contribution is 2.32. The van der Waals surface area contributed by atoms with Crippen LogP contribution in [-0.4, -0.2) is 57.1 Å². The number of rotatable bonds is 13. The molecule has 1 N–H and O–H groups in total. The third-order valence-electron chi connectivity index (χ3n) is 5.83. The lowest BCUT2D eigenvalue weighted by molar-refractivity contribution is -0.140. The van der Waals surface area contributed by atoms with E-state index in [0.29, 0.717) is 25.9 Å². The largest absolute Gasteiger partial charge is 0.416 e. The van der Waals surface area contributed by atoms with Crippen molar-refractivity contribution >= 4 is 27.5 Å². The summed E-state index contributed by atoms with van der Waals surface area (Å²) in [5.41, 5.74) is -0.0899. The molecule has 2 aromatic carbocycles. The second kappa shape index (κ2) is 13.5. The van der Waals surface area contributed by atoms with Crippen LogP contribution < -0.4 is 9.62 Å². The van der Waals surface area contributed by atoms with E-state index in [1.807, 2.05) is 37.3 Å². The number of hydrogen-bond acceptors (Lipinski definition) is 4. The first kappa shape index (κ1) is 30.1. The molecule has 1 atom stereocenters. The van der Waals surface area contributed by atoms with Gasteiger partial charge in [0.15, 0.2) is 0 Å². The van der Waals surface area contributed by atoms with Gasteiger partial charge in [-0.15, -0.1) is 0 Å². The predicted molar refractivity (Wildman–Crippen MR) is 137 cm³/mol. The van der Waals surface area contributed by atoms with Crippen LogP contribution >= 0.6 is 0 Å². The van der Waals surface area contributed by atoms with Crippen molar-refractivity contribution in [2.24, 2.45) is 0 Å². The molecule has 0 unspecified atom stereocenters. The van der Waals surface area contributed by atoms with Gasteiger partial charge >= 0.3 is 6.18 Å². The number of halogens is 3. The molecule has 0 radical (unpaired) electrons. The lowest BCUT2D eigenvalue weighted by Crippen LogP contribution is -2.50. The molecule has 2 amide bonds. The summed E-state index contributed by atoms with van der Waals surface area (Å²) < 4.78 is 65.1. The summed E-state index contributed by atoms with van der Waals surface area (Å²) in [6.45, 7) is 4.12. The monoisotopic (exact) mass is 541 g/mol. The van der Waals surface area contributed by atoms with Gasteiger partial charge in [-0.2, -0.15) is 13.2 Å². The smallest absolute Gasteiger partial charge is 0.355 e. The number of amides is 2. The Morgan fingerprint density at radius 2 is 1.68 bits per heavy atom. The zero-order chi connectivity index (χ0) is 27.6. The second-order valence-corrected chi connectivity index (χ2v) is 10.5. The maximum atomic E-state index is 13.3. The average molecular weight is 542 g/mol. The fourth-order valence-electron chi connectivity index (χ4n) is 4.03. The van der Waals surface area contributed by atoms with Crippen molar-refractivity contribution in [1.82, 2.24) is 10.2 Å². The summed E-state index contributed by atoms with van der Waals surface area (Å²) in [5, 5.41) is 2.75. The molecule has 0 aromatic heterocycles. The van der Waals surface area contributed by atoms with Crippen LogP contribution in [0.25, 0.3) is 0 Å². The number of likely N-dealkylation sites (N-methyl/N-ethyl adjacent to an activating group) is 1. The summed E-state index contributed by atoms with van der Waals surface area (Å²) in [4.78, 5) is 27.4. The molecule has 0 saturated carbocycles. The van der Waals surface area contributed by atoms with Gasteiger partial charge in [0.2, 0.25) is 21.8 Å². The Morgan fingerprint density at radius 3 is 2.24 bits per heavy atom. The molecule has 37 heavy (non-hydrogen) atoms. The number of benzene rings is 2. The van der Waals surface area contributed by atoms with E-state index in [9.17, 15) is 31.2 Å². The van der Waals surface area contributed by atoms with Crippen molar-refractivity contribution in [3.05, 3.63) is 65.7 Å². The standard InChI is InChI=1S/C26H34F3N3O4S/c1-4-23(25(34)30-5-2)31(18-16-20-11-7-6-8-12-20)24(33)15-10-17-32(37(3,35)36)22-14-9-13-21(19-22)26(27,28)29/h6-9,11-14,19,23H,4-5,10,15-18H2,1-3H3,(H,30,34)/t23-/m1/s1. The number of sulfonamides is 1. The zero-order valence-corrected chi connectivity index (χ0v) is 22.1. The molecule has 7 nitrogen and oxygen atoms in total. The molecular formula is C26H34F3N3O4S. The number of carbonyl (C=O) groups is 2. The Hall–Kier alpha value is -3.08. The number of nitrogens with zero attached hydrogens (tertiary/aromatic N) is 2. The number of anilines is 1. The highest BCUT2D eigenvalue weighted by Gasteiger charge is 2.32. The lowest BCUT2D eigenvalue weighted by atomic mass is 10.1. The van der Waals surface area contributed by atoms with Crippen LogP contribution in [0, 0.1) is 0 Å². The fourth-order valence-corrected chi connectivity index (χ4v) is 4.99. The van der Waals surface area contributed by atoms with Crippen molar-refractivity contribution < 1.29 is 31.2 Å². The molecule has 0 saturated heterocycles. The number of hydrogen-bond donors (Lipinski definition) is 1. The molecule has 2 aromatic rings. The highest BCUT2D eigenvalue weighted by atomic mass is 32.2. The van der Waals surface area contributed by atoms with E-state index in [4.69, 9.17) is 0 Å². The maximum Gasteiger partial charge on any atom is 0.416 e. The Bertz CT molecular complexity index is 1140. The molecule has 0 aliphatic carbocycles. The van der Waals surface area contributed by atoms with Crippen molar-refractivity contribution in [2.45, 2.75) is 51.7 Å². The van der Waals surface area contributed by atoms with Crippen molar-refractivity contribution in [1.29, 1.82) is 0 Å². The van der Waals surface area contributed by atoms with Crippen LogP contribution in [-0.2, 0) is 32.2 Å². The van der Waals surface area contributed by atoms with Crippen LogP contribution in [0.2, 0.25) is 0 Å². The first-order valence-electron chi connectivity index (χ1n) is 12.1. The van der Waals surface area contributed by atoms with Crippen LogP contribution in [0.4, 0.5) is 18.9 Å². The highest BCUT2D eigenvalue weighted by molar-refractivity contribution is 7.92. The third kappa shape index (κ3) is 9.07. The van der Waals surface area contributed by atoms with Gasteiger partial charge in [-0.25, -0.2) is 8.42 Å². The maximum absolute atomic E-state index is 13.3. The summed E-state index contributed by atoms with van der Waals surface area (Å²) in [6, 6.07) is 12.9. The minimum absolute atomic E-state index is 0.0653. The van der Waals surface area contributed by atoms with Gasteiger partial charge < -0.3 is 10.2 Å². The minimum atomic E-state index is -4.62. The number of nitrogens with one attached hydrogen (secondary N) is 1. The van der Waals surface area contributed by atoms with Crippen molar-refractivity contribution in [3.8, 4) is 0 Å². The second-order valence-electron chi connectivity index (χ2n) is 8.63. The van der Waals surface area contributed by atoms with Crippen LogP contribution in [0.15, 0.2) is 54.6 Å². The zero-order valence-electron chi connectivity index (χ0n) is 21.3. The number of alkyl halides is 3. The molecule has 0 spiro atoms. The van der Waals surface area contributed by atoms with E-state index in [0.717, 1.165) is 34.3 Å². The summed E-state index contributed by atoms with van der Waals surface area (Å²) in [7, 11) is -3.91. The summed E-state index contributed by atoms with van der Waals surface area (Å²) in [5.74, 6) is -0.598. The fraction of sp³-hybridized carbons (Fsp3) is 0.462. The van der Waals surface area contributed by atoms with Gasteiger partial charge in [0.1, 0.15) is 6.04 Å². The summed E-state index contributed by atoms with van der Waals surface area (Å²) in [6.07, 6.45) is -2.80. The van der Waals surface area contributed by atoms with E-state index in [2.05, 4.69) is 5.32 Å². The first-order valence-corrected chi connectivity index (χ1v) is 14.0. The van der Waals surface area contributed by atoms with Crippen LogP contribution in [0.3, 0.4) is 0 Å². The SMILES string of the molecule is CCNC(=O)[C@@H](CC)N(CCc1ccccc1)C(=O)CCCN(c1cccc(C(F)(F)F)c1)S(C)(=O)=O. The van der Waals surface area contributed by atoms with Gasteiger partial charge in [0.05, 0.1) is 17.5 Å². The lowest BCUT2D eigenvalue weighted by Gasteiger charge is -2.31.